The van der Waals surface area contributed by atoms with Crippen LogP contribution < -0.4 is 16.4 Å². The number of alkyl carbamates (subject to hydrolysis) is 1. The van der Waals surface area contributed by atoms with Gasteiger partial charge in [0.2, 0.25) is 17.7 Å². The lowest BCUT2D eigenvalue weighted by Crippen LogP contribution is -2.52. The lowest BCUT2D eigenvalue weighted by Gasteiger charge is -2.31. The molecule has 4 N–H and O–H groups in total. The smallest absolute Gasteiger partial charge is 0.408 e. The van der Waals surface area contributed by atoms with E-state index in [2.05, 4.69) is 17.2 Å². The summed E-state index contributed by atoms with van der Waals surface area (Å²) in [5.74, 6) is -1.51. The molecule has 34 heavy (non-hydrogen) atoms. The molecule has 188 valence electrons. The standard InChI is InChI=1S/C25H38N4O5/c1-7-9-15-27-22(31)21(18-12-10-11-17(8-2)16-18)29(6)23(32)19(13-14-20(26)30)28-24(33)34-25(3,4)5/h8,10-12,16,19,21H,2,7,9,13-15H2,1,3-6H3,(H2,26,30)(H,27,31)(H,28,33). The molecule has 2 unspecified atom stereocenters. The van der Waals surface area contributed by atoms with Crippen molar-refractivity contribution in [2.45, 2.75) is 71.1 Å². The average Bonchev–Trinajstić information content (AvgIpc) is 2.75. The van der Waals surface area contributed by atoms with Crippen LogP contribution in [-0.2, 0) is 19.1 Å². The van der Waals surface area contributed by atoms with Crippen molar-refractivity contribution in [2.75, 3.05) is 13.6 Å². The summed E-state index contributed by atoms with van der Waals surface area (Å²) in [7, 11) is 1.49. The Kier molecular flexibility index (Phi) is 11.3. The maximum absolute atomic E-state index is 13.5. The number of carbonyl (C=O) groups excluding carboxylic acids is 4. The molecule has 0 saturated heterocycles. The van der Waals surface area contributed by atoms with E-state index in [0.29, 0.717) is 12.1 Å². The molecular weight excluding hydrogens is 436 g/mol. The van der Waals surface area contributed by atoms with Gasteiger partial charge in [0, 0.05) is 20.0 Å². The number of nitrogens with zero attached hydrogens (tertiary/aromatic N) is 1. The van der Waals surface area contributed by atoms with E-state index in [1.54, 1.807) is 45.0 Å². The Bertz CT molecular complexity index is 878. The number of nitrogens with one attached hydrogen (secondary N) is 2. The molecule has 1 rings (SSSR count). The van der Waals surface area contributed by atoms with Gasteiger partial charge in [0.1, 0.15) is 17.7 Å². The summed E-state index contributed by atoms with van der Waals surface area (Å²) in [5, 5.41) is 5.39. The highest BCUT2D eigenvalue weighted by Gasteiger charge is 2.34. The molecule has 0 aromatic heterocycles. The van der Waals surface area contributed by atoms with Crippen molar-refractivity contribution in [2.24, 2.45) is 5.73 Å². The highest BCUT2D eigenvalue weighted by atomic mass is 16.6. The number of amides is 4. The van der Waals surface area contributed by atoms with E-state index in [1.165, 1.54) is 11.9 Å². The maximum Gasteiger partial charge on any atom is 0.408 e. The highest BCUT2D eigenvalue weighted by molar-refractivity contribution is 5.92. The van der Waals surface area contributed by atoms with E-state index >= 15 is 0 Å². The van der Waals surface area contributed by atoms with Crippen molar-refractivity contribution in [3.05, 3.63) is 42.0 Å². The number of hydrogen-bond acceptors (Lipinski definition) is 5. The summed E-state index contributed by atoms with van der Waals surface area (Å²) < 4.78 is 5.27. The molecule has 0 aliphatic heterocycles. The molecule has 1 aromatic rings. The lowest BCUT2D eigenvalue weighted by molar-refractivity contribution is -0.141. The van der Waals surface area contributed by atoms with E-state index < -0.39 is 35.6 Å². The average molecular weight is 475 g/mol. The van der Waals surface area contributed by atoms with E-state index in [1.807, 2.05) is 13.0 Å². The van der Waals surface area contributed by atoms with Crippen LogP contribution in [0.4, 0.5) is 4.79 Å². The summed E-state index contributed by atoms with van der Waals surface area (Å²) in [6.07, 6.45) is 2.39. The minimum absolute atomic E-state index is 0.0331. The summed E-state index contributed by atoms with van der Waals surface area (Å²) in [5.41, 5.74) is 5.87. The number of nitrogens with two attached hydrogens (primary N) is 1. The Balaban J connectivity index is 3.26. The van der Waals surface area contributed by atoms with Crippen molar-refractivity contribution in [1.82, 2.24) is 15.5 Å². The Morgan fingerprint density at radius 3 is 2.47 bits per heavy atom. The third-order valence-electron chi connectivity index (χ3n) is 4.94. The fourth-order valence-corrected chi connectivity index (χ4v) is 3.26. The number of unbranched alkanes of at least 4 members (excludes halogenated alkanes) is 1. The Morgan fingerprint density at radius 1 is 1.24 bits per heavy atom. The van der Waals surface area contributed by atoms with E-state index in [4.69, 9.17) is 10.5 Å². The number of benzene rings is 1. The lowest BCUT2D eigenvalue weighted by atomic mass is 10.00. The van der Waals surface area contributed by atoms with Crippen molar-refractivity contribution < 1.29 is 23.9 Å². The third-order valence-corrected chi connectivity index (χ3v) is 4.94. The number of likely N-dealkylation sites (N-methyl/N-ethyl adjacent to an activating group) is 1. The molecule has 0 radical (unpaired) electrons. The van der Waals surface area contributed by atoms with Gasteiger partial charge in [-0.15, -0.1) is 0 Å². The van der Waals surface area contributed by atoms with Crippen molar-refractivity contribution in [3.63, 3.8) is 0 Å². The first-order chi connectivity index (χ1) is 15.9. The zero-order valence-electron chi connectivity index (χ0n) is 20.8. The second kappa shape index (κ2) is 13.4. The number of hydrogen-bond donors (Lipinski definition) is 3. The van der Waals surface area contributed by atoms with Gasteiger partial charge in [0.05, 0.1) is 0 Å². The molecule has 0 fully saturated rings. The van der Waals surface area contributed by atoms with Crippen LogP contribution in [0, 0.1) is 0 Å². The fraction of sp³-hybridized carbons (Fsp3) is 0.520. The number of carbonyl (C=O) groups is 4. The van der Waals surface area contributed by atoms with Crippen molar-refractivity contribution >= 4 is 29.9 Å². The molecule has 2 atom stereocenters. The Labute approximate surface area is 202 Å². The van der Waals surface area contributed by atoms with Gasteiger partial charge < -0.3 is 26.0 Å². The Morgan fingerprint density at radius 2 is 1.91 bits per heavy atom. The van der Waals surface area contributed by atoms with Gasteiger partial charge in [-0.25, -0.2) is 4.79 Å². The number of primary amides is 1. The minimum atomic E-state index is -1.11. The maximum atomic E-state index is 13.5. The van der Waals surface area contributed by atoms with Gasteiger partial charge in [-0.05, 0) is 50.8 Å². The first kappa shape index (κ1) is 28.7. The zero-order valence-corrected chi connectivity index (χ0v) is 20.8. The molecule has 9 heteroatoms. The van der Waals surface area contributed by atoms with Gasteiger partial charge in [0.15, 0.2) is 0 Å². The number of ether oxygens (including phenoxy) is 1. The zero-order chi connectivity index (χ0) is 25.9. The van der Waals surface area contributed by atoms with Gasteiger partial charge >= 0.3 is 6.09 Å². The molecule has 0 spiro atoms. The van der Waals surface area contributed by atoms with Crippen LogP contribution in [0.2, 0.25) is 0 Å². The minimum Gasteiger partial charge on any atom is -0.444 e. The fourth-order valence-electron chi connectivity index (χ4n) is 3.26. The Hall–Kier alpha value is -3.36. The third kappa shape index (κ3) is 9.64. The van der Waals surface area contributed by atoms with E-state index in [-0.39, 0.29) is 18.7 Å². The first-order valence-electron chi connectivity index (χ1n) is 11.4. The van der Waals surface area contributed by atoms with Crippen LogP contribution in [0.5, 0.6) is 0 Å². The summed E-state index contributed by atoms with van der Waals surface area (Å²) in [6, 6.07) is 5.08. The highest BCUT2D eigenvalue weighted by Crippen LogP contribution is 2.23. The molecule has 0 heterocycles. The van der Waals surface area contributed by atoms with Crippen LogP contribution >= 0.6 is 0 Å². The quantitative estimate of drug-likeness (QED) is 0.401. The van der Waals surface area contributed by atoms with E-state index in [9.17, 15) is 19.2 Å². The predicted octanol–water partition coefficient (Wildman–Crippen LogP) is 2.90. The van der Waals surface area contributed by atoms with Crippen LogP contribution in [0.3, 0.4) is 0 Å². The SMILES string of the molecule is C=Cc1cccc(C(C(=O)NCCCC)N(C)C(=O)C(CCC(N)=O)NC(=O)OC(C)(C)C)c1. The van der Waals surface area contributed by atoms with Crippen LogP contribution in [0.25, 0.3) is 6.08 Å². The second-order valence-electron chi connectivity index (χ2n) is 9.07. The van der Waals surface area contributed by atoms with E-state index in [0.717, 1.165) is 18.4 Å². The molecule has 4 amide bonds. The molecule has 0 bridgehead atoms. The molecule has 9 nitrogen and oxygen atoms in total. The van der Waals surface area contributed by atoms with Crippen LogP contribution in [0.15, 0.2) is 30.8 Å². The van der Waals surface area contributed by atoms with Crippen molar-refractivity contribution in [1.29, 1.82) is 0 Å². The van der Waals surface area contributed by atoms with Gasteiger partial charge in [-0.1, -0.05) is 44.2 Å². The van der Waals surface area contributed by atoms with Crippen LogP contribution in [-0.4, -0.2) is 54.0 Å². The monoisotopic (exact) mass is 474 g/mol. The first-order valence-corrected chi connectivity index (χ1v) is 11.4. The predicted molar refractivity (Wildman–Crippen MR) is 132 cm³/mol. The van der Waals surface area contributed by atoms with Crippen LogP contribution in [0.1, 0.15) is 70.5 Å². The largest absolute Gasteiger partial charge is 0.444 e. The van der Waals surface area contributed by atoms with Crippen molar-refractivity contribution in [3.8, 4) is 0 Å². The summed E-state index contributed by atoms with van der Waals surface area (Å²) >= 11 is 0. The normalized spacial score (nSPS) is 12.7. The molecular formula is C25H38N4O5. The van der Waals surface area contributed by atoms with Gasteiger partial charge in [0.25, 0.3) is 0 Å². The summed E-state index contributed by atoms with van der Waals surface area (Å²) in [4.78, 5) is 51.6. The van der Waals surface area contributed by atoms with Gasteiger partial charge in [-0.2, -0.15) is 0 Å². The summed E-state index contributed by atoms with van der Waals surface area (Å²) in [6.45, 7) is 11.3. The molecule has 0 aliphatic rings. The number of rotatable bonds is 12. The topological polar surface area (TPSA) is 131 Å². The molecule has 1 aromatic carbocycles. The molecule has 0 aliphatic carbocycles. The van der Waals surface area contributed by atoms with Gasteiger partial charge in [-0.3, -0.25) is 14.4 Å². The second-order valence-corrected chi connectivity index (χ2v) is 9.07. The molecule has 0 saturated carbocycles.